The van der Waals surface area contributed by atoms with E-state index in [9.17, 15) is 4.79 Å². The van der Waals surface area contributed by atoms with Crippen molar-refractivity contribution in [1.82, 2.24) is 5.32 Å². The predicted octanol–water partition coefficient (Wildman–Crippen LogP) is 0.513. The van der Waals surface area contributed by atoms with E-state index in [0.717, 1.165) is 6.42 Å². The lowest BCUT2D eigenvalue weighted by atomic mass is 9.92. The number of hydrogen-bond donors (Lipinski definition) is 2. The Bertz CT molecular complexity index is 181. The number of methoxy groups -OCH3 is 1. The first kappa shape index (κ1) is 13.4. The molecule has 0 heterocycles. The molecule has 0 aliphatic carbocycles. The number of nitrogens with one attached hydrogen (secondary N) is 1. The zero-order chi connectivity index (χ0) is 11.2. The molecule has 0 aliphatic rings. The molecule has 0 saturated carbocycles. The van der Waals surface area contributed by atoms with E-state index in [2.05, 4.69) is 12.2 Å². The standard InChI is InChI=1S/C10H22N2O2/c1-5-8(6-14-4)12-7-10(2,3)9(11)13/h8,12H,5-7H2,1-4H3,(H2,11,13). The van der Waals surface area contributed by atoms with Crippen LogP contribution in [0.5, 0.6) is 0 Å². The van der Waals surface area contributed by atoms with Gasteiger partial charge in [0.2, 0.25) is 5.91 Å². The number of hydrogen-bond acceptors (Lipinski definition) is 3. The monoisotopic (exact) mass is 202 g/mol. The second kappa shape index (κ2) is 5.98. The topological polar surface area (TPSA) is 64.3 Å². The molecule has 1 amide bonds. The molecular weight excluding hydrogens is 180 g/mol. The molecular formula is C10H22N2O2. The van der Waals surface area contributed by atoms with E-state index in [1.54, 1.807) is 7.11 Å². The van der Waals surface area contributed by atoms with Crippen molar-refractivity contribution >= 4 is 5.91 Å². The molecule has 0 aliphatic heterocycles. The van der Waals surface area contributed by atoms with Crippen molar-refractivity contribution in [2.24, 2.45) is 11.1 Å². The van der Waals surface area contributed by atoms with Crippen LogP contribution in [0, 0.1) is 5.41 Å². The highest BCUT2D eigenvalue weighted by Gasteiger charge is 2.25. The molecule has 14 heavy (non-hydrogen) atoms. The number of nitrogens with two attached hydrogens (primary N) is 1. The fraction of sp³-hybridized carbons (Fsp3) is 0.900. The van der Waals surface area contributed by atoms with E-state index in [0.29, 0.717) is 19.2 Å². The van der Waals surface area contributed by atoms with E-state index in [1.807, 2.05) is 13.8 Å². The van der Waals surface area contributed by atoms with Gasteiger partial charge in [-0.25, -0.2) is 0 Å². The summed E-state index contributed by atoms with van der Waals surface area (Å²) >= 11 is 0. The number of carbonyl (C=O) groups is 1. The molecule has 3 N–H and O–H groups in total. The number of ether oxygens (including phenoxy) is 1. The van der Waals surface area contributed by atoms with E-state index in [-0.39, 0.29) is 5.91 Å². The fourth-order valence-corrected chi connectivity index (χ4v) is 1.01. The van der Waals surface area contributed by atoms with Crippen molar-refractivity contribution in [3.8, 4) is 0 Å². The van der Waals surface area contributed by atoms with Crippen molar-refractivity contribution in [3.63, 3.8) is 0 Å². The van der Waals surface area contributed by atoms with Crippen LogP contribution in [0.25, 0.3) is 0 Å². The molecule has 0 bridgehead atoms. The Morgan fingerprint density at radius 3 is 2.50 bits per heavy atom. The number of amides is 1. The summed E-state index contributed by atoms with van der Waals surface area (Å²) in [6.45, 7) is 6.99. The molecule has 0 fully saturated rings. The lowest BCUT2D eigenvalue weighted by Crippen LogP contribution is -2.45. The third-order valence-corrected chi connectivity index (χ3v) is 2.36. The highest BCUT2D eigenvalue weighted by molar-refractivity contribution is 5.80. The van der Waals surface area contributed by atoms with Crippen LogP contribution in [0.3, 0.4) is 0 Å². The molecule has 4 heteroatoms. The molecule has 0 aromatic rings. The van der Waals surface area contributed by atoms with E-state index < -0.39 is 5.41 Å². The molecule has 84 valence electrons. The maximum absolute atomic E-state index is 11.0. The van der Waals surface area contributed by atoms with E-state index >= 15 is 0 Å². The van der Waals surface area contributed by atoms with E-state index in [1.165, 1.54) is 0 Å². The van der Waals surface area contributed by atoms with Crippen molar-refractivity contribution < 1.29 is 9.53 Å². The smallest absolute Gasteiger partial charge is 0.224 e. The van der Waals surface area contributed by atoms with Crippen molar-refractivity contribution in [1.29, 1.82) is 0 Å². The number of rotatable bonds is 7. The largest absolute Gasteiger partial charge is 0.383 e. The predicted molar refractivity (Wildman–Crippen MR) is 56.9 cm³/mol. The first-order valence-corrected chi connectivity index (χ1v) is 4.96. The first-order chi connectivity index (χ1) is 6.44. The van der Waals surface area contributed by atoms with Crippen LogP contribution >= 0.6 is 0 Å². The highest BCUT2D eigenvalue weighted by atomic mass is 16.5. The molecule has 1 unspecified atom stereocenters. The second-order valence-electron chi connectivity index (χ2n) is 4.19. The van der Waals surface area contributed by atoms with Gasteiger partial charge in [-0.2, -0.15) is 0 Å². The van der Waals surface area contributed by atoms with Gasteiger partial charge in [0.25, 0.3) is 0 Å². The van der Waals surface area contributed by atoms with Gasteiger partial charge in [-0.05, 0) is 20.3 Å². The minimum absolute atomic E-state index is 0.280. The third kappa shape index (κ3) is 4.58. The van der Waals surface area contributed by atoms with Gasteiger partial charge < -0.3 is 15.8 Å². The van der Waals surface area contributed by atoms with Crippen molar-refractivity contribution in [2.45, 2.75) is 33.2 Å². The van der Waals surface area contributed by atoms with Crippen LogP contribution in [0.4, 0.5) is 0 Å². The Morgan fingerprint density at radius 2 is 2.14 bits per heavy atom. The summed E-state index contributed by atoms with van der Waals surface area (Å²) in [5.41, 5.74) is 4.76. The Morgan fingerprint density at radius 1 is 1.57 bits per heavy atom. The average molecular weight is 202 g/mol. The van der Waals surface area contributed by atoms with Crippen LogP contribution < -0.4 is 11.1 Å². The highest BCUT2D eigenvalue weighted by Crippen LogP contribution is 2.12. The van der Waals surface area contributed by atoms with Gasteiger partial charge in [-0.3, -0.25) is 4.79 Å². The number of primary amides is 1. The third-order valence-electron chi connectivity index (χ3n) is 2.36. The summed E-state index contributed by atoms with van der Waals surface area (Å²) < 4.78 is 5.04. The SMILES string of the molecule is CCC(COC)NCC(C)(C)C(N)=O. The van der Waals surface area contributed by atoms with Crippen LogP contribution in [-0.2, 0) is 9.53 Å². The van der Waals surface area contributed by atoms with Crippen LogP contribution in [0.2, 0.25) is 0 Å². The summed E-state index contributed by atoms with van der Waals surface area (Å²) in [5.74, 6) is -0.280. The van der Waals surface area contributed by atoms with Gasteiger partial charge in [0, 0.05) is 19.7 Å². The summed E-state index contributed by atoms with van der Waals surface area (Å²) in [6.07, 6.45) is 0.975. The van der Waals surface area contributed by atoms with Gasteiger partial charge in [0.15, 0.2) is 0 Å². The van der Waals surface area contributed by atoms with Crippen molar-refractivity contribution in [3.05, 3.63) is 0 Å². The second-order valence-corrected chi connectivity index (χ2v) is 4.19. The lowest BCUT2D eigenvalue weighted by molar-refractivity contribution is -0.125. The van der Waals surface area contributed by atoms with Gasteiger partial charge >= 0.3 is 0 Å². The molecule has 0 radical (unpaired) electrons. The van der Waals surface area contributed by atoms with Crippen LogP contribution in [0.1, 0.15) is 27.2 Å². The summed E-state index contributed by atoms with van der Waals surface area (Å²) in [4.78, 5) is 11.0. The number of carbonyl (C=O) groups excluding carboxylic acids is 1. The normalized spacial score (nSPS) is 14.0. The maximum Gasteiger partial charge on any atom is 0.224 e. The Balaban J connectivity index is 3.95. The zero-order valence-corrected chi connectivity index (χ0v) is 9.59. The zero-order valence-electron chi connectivity index (χ0n) is 9.59. The minimum atomic E-state index is -0.499. The molecule has 0 aromatic heterocycles. The summed E-state index contributed by atoms with van der Waals surface area (Å²) in [6, 6.07) is 0.290. The maximum atomic E-state index is 11.0. The Kier molecular flexibility index (Phi) is 5.72. The first-order valence-electron chi connectivity index (χ1n) is 4.96. The molecule has 0 spiro atoms. The summed E-state index contributed by atoms with van der Waals surface area (Å²) in [5, 5.41) is 3.27. The van der Waals surface area contributed by atoms with Gasteiger partial charge in [0.05, 0.1) is 12.0 Å². The van der Waals surface area contributed by atoms with Gasteiger partial charge in [-0.1, -0.05) is 6.92 Å². The quantitative estimate of drug-likeness (QED) is 0.632. The molecule has 0 saturated heterocycles. The van der Waals surface area contributed by atoms with E-state index in [4.69, 9.17) is 10.5 Å². The van der Waals surface area contributed by atoms with Gasteiger partial charge in [0.1, 0.15) is 0 Å². The molecule has 1 atom stereocenters. The van der Waals surface area contributed by atoms with Gasteiger partial charge in [-0.15, -0.1) is 0 Å². The lowest BCUT2D eigenvalue weighted by Gasteiger charge is -2.24. The molecule has 4 nitrogen and oxygen atoms in total. The van der Waals surface area contributed by atoms with Crippen LogP contribution in [0.15, 0.2) is 0 Å². The average Bonchev–Trinajstić information content (AvgIpc) is 2.12. The molecule has 0 rings (SSSR count). The summed E-state index contributed by atoms with van der Waals surface area (Å²) in [7, 11) is 1.67. The Hall–Kier alpha value is -0.610. The molecule has 0 aromatic carbocycles. The minimum Gasteiger partial charge on any atom is -0.383 e. The fourth-order valence-electron chi connectivity index (χ4n) is 1.01. The Labute approximate surface area is 86.2 Å². The van der Waals surface area contributed by atoms with Crippen LogP contribution in [-0.4, -0.2) is 32.2 Å². The van der Waals surface area contributed by atoms with Crippen molar-refractivity contribution in [2.75, 3.05) is 20.3 Å².